The smallest absolute Gasteiger partial charge is 0.330 e. The minimum absolute atomic E-state index is 0.0152. The third-order valence-electron chi connectivity index (χ3n) is 3.83. The maximum Gasteiger partial charge on any atom is 0.330 e. The maximum atomic E-state index is 12.0. The van der Waals surface area contributed by atoms with Crippen molar-refractivity contribution in [2.75, 3.05) is 20.3 Å². The monoisotopic (exact) mass is 298 g/mol. The van der Waals surface area contributed by atoms with E-state index in [2.05, 4.69) is 4.98 Å². The second-order valence-corrected chi connectivity index (χ2v) is 5.18. The van der Waals surface area contributed by atoms with E-state index in [9.17, 15) is 9.59 Å². The van der Waals surface area contributed by atoms with Gasteiger partial charge in [0.05, 0.1) is 19.3 Å². The Balaban J connectivity index is 2.25. The van der Waals surface area contributed by atoms with E-state index >= 15 is 0 Å². The Hall–Kier alpha value is -1.44. The van der Waals surface area contributed by atoms with Gasteiger partial charge in [0.15, 0.2) is 6.23 Å². The van der Waals surface area contributed by atoms with Crippen LogP contribution in [0.2, 0.25) is 0 Å². The highest BCUT2D eigenvalue weighted by Crippen LogP contribution is 2.36. The molecule has 2 rings (SSSR count). The first-order valence-electron chi connectivity index (χ1n) is 7.16. The number of rotatable bonds is 6. The molecule has 7 nitrogen and oxygen atoms in total. The van der Waals surface area contributed by atoms with Crippen molar-refractivity contribution < 1.29 is 14.2 Å². The lowest BCUT2D eigenvalue weighted by Crippen LogP contribution is -2.37. The van der Waals surface area contributed by atoms with Crippen LogP contribution in [-0.2, 0) is 14.2 Å². The first-order valence-corrected chi connectivity index (χ1v) is 7.16. The number of nitrogens with zero attached hydrogens (tertiary/aromatic N) is 1. The number of ether oxygens (including phenoxy) is 3. The van der Waals surface area contributed by atoms with Crippen molar-refractivity contribution in [3.63, 3.8) is 0 Å². The molecule has 0 unspecified atom stereocenters. The quantitative estimate of drug-likeness (QED) is 0.774. The minimum atomic E-state index is -0.536. The molecule has 0 radical (unpaired) electrons. The van der Waals surface area contributed by atoms with Crippen LogP contribution in [0.1, 0.15) is 26.5 Å². The summed E-state index contributed by atoms with van der Waals surface area (Å²) < 4.78 is 18.2. The Labute approximate surface area is 122 Å². The van der Waals surface area contributed by atoms with E-state index in [1.54, 1.807) is 7.11 Å². The van der Waals surface area contributed by atoms with Gasteiger partial charge in [-0.3, -0.25) is 14.3 Å². The van der Waals surface area contributed by atoms with Crippen LogP contribution in [0.5, 0.6) is 0 Å². The summed E-state index contributed by atoms with van der Waals surface area (Å²) in [6.45, 7) is 4.99. The number of hydrogen-bond acceptors (Lipinski definition) is 5. The lowest BCUT2D eigenvalue weighted by atomic mass is 9.98. The van der Waals surface area contributed by atoms with Gasteiger partial charge in [0, 0.05) is 25.3 Å². The molecular formula is C14H22N2O5. The molecule has 0 aliphatic carbocycles. The lowest BCUT2D eigenvalue weighted by Gasteiger charge is -2.22. The molecule has 0 amide bonds. The highest BCUT2D eigenvalue weighted by molar-refractivity contribution is 4.92. The van der Waals surface area contributed by atoms with E-state index in [0.717, 1.165) is 6.42 Å². The summed E-state index contributed by atoms with van der Waals surface area (Å²) >= 11 is 0. The predicted molar refractivity (Wildman–Crippen MR) is 76.3 cm³/mol. The first-order chi connectivity index (χ1) is 10.1. The third kappa shape index (κ3) is 3.42. The molecule has 2 heterocycles. The van der Waals surface area contributed by atoms with Crippen LogP contribution in [0.25, 0.3) is 0 Å². The molecule has 1 aromatic heterocycles. The molecule has 0 bridgehead atoms. The van der Waals surface area contributed by atoms with Crippen LogP contribution >= 0.6 is 0 Å². The average Bonchev–Trinajstić information content (AvgIpc) is 2.76. The largest absolute Gasteiger partial charge is 0.382 e. The molecule has 118 valence electrons. The normalized spacial score (nSPS) is 28.9. The lowest BCUT2D eigenvalue weighted by molar-refractivity contribution is -0.0743. The second kappa shape index (κ2) is 7.02. The van der Waals surface area contributed by atoms with E-state index in [0.29, 0.717) is 13.2 Å². The standard InChI is InChI=1S/C14H22N2O5/c1-4-10-9(2)12(20-8-7-19-3)13(21-10)16-6-5-11(17)15-14(16)18/h5-6,9-10,12-13H,4,7-8H2,1-3H3,(H,15,17,18)/t9-,10-,12-,13-/m1/s1. The van der Waals surface area contributed by atoms with E-state index in [-0.39, 0.29) is 18.1 Å². The van der Waals surface area contributed by atoms with Crippen molar-refractivity contribution in [2.24, 2.45) is 5.92 Å². The zero-order chi connectivity index (χ0) is 15.4. The number of hydrogen-bond donors (Lipinski definition) is 1. The molecule has 7 heteroatoms. The number of aromatic amines is 1. The fraction of sp³-hybridized carbons (Fsp3) is 0.714. The second-order valence-electron chi connectivity index (χ2n) is 5.18. The summed E-state index contributed by atoms with van der Waals surface area (Å²) in [5.74, 6) is 0.149. The van der Waals surface area contributed by atoms with Crippen LogP contribution in [-0.4, -0.2) is 42.1 Å². The van der Waals surface area contributed by atoms with Crippen LogP contribution in [0, 0.1) is 5.92 Å². The van der Waals surface area contributed by atoms with Gasteiger partial charge in [-0.05, 0) is 6.42 Å². The molecule has 0 spiro atoms. The van der Waals surface area contributed by atoms with Crippen molar-refractivity contribution in [2.45, 2.75) is 38.7 Å². The average molecular weight is 298 g/mol. The first kappa shape index (κ1) is 15.9. The van der Waals surface area contributed by atoms with E-state index in [1.165, 1.54) is 16.8 Å². The number of aromatic nitrogens is 2. The van der Waals surface area contributed by atoms with Gasteiger partial charge in [-0.1, -0.05) is 13.8 Å². The topological polar surface area (TPSA) is 82.6 Å². The Morgan fingerprint density at radius 3 is 2.76 bits per heavy atom. The van der Waals surface area contributed by atoms with Gasteiger partial charge in [0.2, 0.25) is 0 Å². The molecule has 0 aromatic carbocycles. The molecule has 1 saturated heterocycles. The van der Waals surface area contributed by atoms with E-state index in [4.69, 9.17) is 14.2 Å². The molecule has 1 N–H and O–H groups in total. The molecule has 21 heavy (non-hydrogen) atoms. The Morgan fingerprint density at radius 2 is 2.14 bits per heavy atom. The van der Waals surface area contributed by atoms with Crippen LogP contribution in [0.4, 0.5) is 0 Å². The number of H-pyrrole nitrogens is 1. The SMILES string of the molecule is CC[C@H]1O[C@@H](n2ccc(=O)[nH]c2=O)[C@H](OCCOC)[C@@H]1C. The molecule has 1 fully saturated rings. The van der Waals surface area contributed by atoms with Crippen LogP contribution < -0.4 is 11.2 Å². The molecule has 1 aliphatic heterocycles. The van der Waals surface area contributed by atoms with Crippen molar-refractivity contribution >= 4 is 0 Å². The highest BCUT2D eigenvalue weighted by Gasteiger charge is 2.43. The van der Waals surface area contributed by atoms with Gasteiger partial charge in [-0.15, -0.1) is 0 Å². The zero-order valence-corrected chi connectivity index (χ0v) is 12.6. The summed E-state index contributed by atoms with van der Waals surface area (Å²) in [6.07, 6.45) is 1.50. The van der Waals surface area contributed by atoms with Gasteiger partial charge in [0.1, 0.15) is 6.10 Å². The van der Waals surface area contributed by atoms with Gasteiger partial charge in [0.25, 0.3) is 5.56 Å². The number of methoxy groups -OCH3 is 1. The summed E-state index contributed by atoms with van der Waals surface area (Å²) in [5, 5.41) is 0. The maximum absolute atomic E-state index is 12.0. The Bertz CT molecular complexity index is 567. The van der Waals surface area contributed by atoms with Crippen molar-refractivity contribution in [3.05, 3.63) is 33.1 Å². The Morgan fingerprint density at radius 1 is 1.38 bits per heavy atom. The fourth-order valence-corrected chi connectivity index (χ4v) is 2.67. The molecular weight excluding hydrogens is 276 g/mol. The van der Waals surface area contributed by atoms with E-state index < -0.39 is 17.5 Å². The third-order valence-corrected chi connectivity index (χ3v) is 3.83. The molecule has 1 aliphatic rings. The summed E-state index contributed by atoms with van der Waals surface area (Å²) in [4.78, 5) is 25.4. The van der Waals surface area contributed by atoms with E-state index in [1.807, 2.05) is 13.8 Å². The summed E-state index contributed by atoms with van der Waals surface area (Å²) in [5.41, 5.74) is -0.914. The number of nitrogens with one attached hydrogen (secondary N) is 1. The minimum Gasteiger partial charge on any atom is -0.382 e. The van der Waals surface area contributed by atoms with Crippen molar-refractivity contribution in [3.8, 4) is 0 Å². The van der Waals surface area contributed by atoms with Gasteiger partial charge in [-0.2, -0.15) is 0 Å². The highest BCUT2D eigenvalue weighted by atomic mass is 16.6. The van der Waals surface area contributed by atoms with Gasteiger partial charge >= 0.3 is 5.69 Å². The van der Waals surface area contributed by atoms with Gasteiger partial charge < -0.3 is 14.2 Å². The summed E-state index contributed by atoms with van der Waals surface area (Å²) in [6, 6.07) is 1.31. The van der Waals surface area contributed by atoms with Crippen LogP contribution in [0.15, 0.2) is 21.9 Å². The molecule has 4 atom stereocenters. The predicted octanol–water partition coefficient (Wildman–Crippen LogP) is 0.512. The molecule has 0 saturated carbocycles. The zero-order valence-electron chi connectivity index (χ0n) is 12.6. The fourth-order valence-electron chi connectivity index (χ4n) is 2.67. The van der Waals surface area contributed by atoms with Gasteiger partial charge in [-0.25, -0.2) is 4.79 Å². The summed E-state index contributed by atoms with van der Waals surface area (Å²) in [7, 11) is 1.61. The van der Waals surface area contributed by atoms with Crippen molar-refractivity contribution in [1.29, 1.82) is 0 Å². The van der Waals surface area contributed by atoms with Crippen LogP contribution in [0.3, 0.4) is 0 Å². The Kier molecular flexibility index (Phi) is 5.33. The van der Waals surface area contributed by atoms with Crippen molar-refractivity contribution in [1.82, 2.24) is 9.55 Å². The molecule has 1 aromatic rings.